The minimum absolute atomic E-state index is 0.0832. The molecule has 2 N–H and O–H groups in total. The maximum absolute atomic E-state index is 9.03. The van der Waals surface area contributed by atoms with Gasteiger partial charge in [0.25, 0.3) is 0 Å². The first-order valence-electron chi connectivity index (χ1n) is 7.74. The average molecular weight is 325 g/mol. The SMILES string of the molecule is N#CC(C#N)=CC1C=C(/C=C/c2ccc(N)cc2)Oc2ccccc21. The summed E-state index contributed by atoms with van der Waals surface area (Å²) >= 11 is 0. The summed E-state index contributed by atoms with van der Waals surface area (Å²) in [5, 5.41) is 18.1. The molecule has 1 atom stereocenters. The van der Waals surface area contributed by atoms with Gasteiger partial charge in [-0.3, -0.25) is 0 Å². The van der Waals surface area contributed by atoms with Crippen molar-refractivity contribution in [1.82, 2.24) is 0 Å². The summed E-state index contributed by atoms with van der Waals surface area (Å²) in [4.78, 5) is 0. The van der Waals surface area contributed by atoms with E-state index in [2.05, 4.69) is 0 Å². The van der Waals surface area contributed by atoms with Crippen LogP contribution in [-0.2, 0) is 0 Å². The van der Waals surface area contributed by atoms with E-state index in [9.17, 15) is 0 Å². The Morgan fingerprint density at radius 1 is 1.00 bits per heavy atom. The molecule has 1 unspecified atom stereocenters. The molecule has 0 amide bonds. The molecule has 1 aliphatic heterocycles. The molecule has 0 radical (unpaired) electrons. The normalized spacial score (nSPS) is 15.3. The second-order valence-corrected chi connectivity index (χ2v) is 5.54. The lowest BCUT2D eigenvalue weighted by Crippen LogP contribution is -2.07. The van der Waals surface area contributed by atoms with Crippen LogP contribution in [0.4, 0.5) is 5.69 Å². The number of nitrogens with zero attached hydrogens (tertiary/aromatic N) is 2. The fourth-order valence-electron chi connectivity index (χ4n) is 2.57. The molecule has 4 heteroatoms. The summed E-state index contributed by atoms with van der Waals surface area (Å²) < 4.78 is 5.91. The van der Waals surface area contributed by atoms with Gasteiger partial charge in [0.05, 0.1) is 0 Å². The van der Waals surface area contributed by atoms with Crippen LogP contribution < -0.4 is 10.5 Å². The molecule has 25 heavy (non-hydrogen) atoms. The van der Waals surface area contributed by atoms with Gasteiger partial charge >= 0.3 is 0 Å². The third-order valence-electron chi connectivity index (χ3n) is 3.81. The van der Waals surface area contributed by atoms with Crippen LogP contribution in [0.1, 0.15) is 17.0 Å². The number of benzene rings is 2. The molecule has 2 aromatic carbocycles. The van der Waals surface area contributed by atoms with Crippen LogP contribution in [-0.4, -0.2) is 0 Å². The monoisotopic (exact) mass is 325 g/mol. The van der Waals surface area contributed by atoms with Gasteiger partial charge in [0.15, 0.2) is 0 Å². The lowest BCUT2D eigenvalue weighted by Gasteiger charge is -2.21. The first-order chi connectivity index (χ1) is 12.2. The standard InChI is InChI=1S/C21H15N3O/c22-13-16(14-23)11-17-12-19(25-21-4-2-1-3-20(17)21)10-7-15-5-8-18(24)9-6-15/h1-12,17H,24H2/b10-7+. The molecule has 1 heterocycles. The number of hydrogen-bond donors (Lipinski definition) is 1. The second kappa shape index (κ2) is 7.21. The Bertz CT molecular complexity index is 938. The van der Waals surface area contributed by atoms with Crippen LogP contribution in [0, 0.1) is 22.7 Å². The summed E-state index contributed by atoms with van der Waals surface area (Å²) in [5.41, 5.74) is 8.41. The molecular weight excluding hydrogens is 310 g/mol. The van der Waals surface area contributed by atoms with Crippen molar-refractivity contribution in [2.45, 2.75) is 5.92 Å². The zero-order valence-electron chi connectivity index (χ0n) is 13.4. The molecule has 2 aromatic rings. The number of nitriles is 2. The fourth-order valence-corrected chi connectivity index (χ4v) is 2.57. The van der Waals surface area contributed by atoms with E-state index in [0.717, 1.165) is 16.9 Å². The maximum Gasteiger partial charge on any atom is 0.131 e. The van der Waals surface area contributed by atoms with Crippen molar-refractivity contribution in [2.24, 2.45) is 0 Å². The van der Waals surface area contributed by atoms with Crippen molar-refractivity contribution in [3.8, 4) is 17.9 Å². The zero-order valence-corrected chi connectivity index (χ0v) is 13.4. The van der Waals surface area contributed by atoms with E-state index in [1.807, 2.05) is 78.9 Å². The summed E-state index contributed by atoms with van der Waals surface area (Å²) in [6, 6.07) is 18.9. The largest absolute Gasteiger partial charge is 0.457 e. The van der Waals surface area contributed by atoms with Crippen LogP contribution in [0.3, 0.4) is 0 Å². The summed E-state index contributed by atoms with van der Waals surface area (Å²) in [6.07, 6.45) is 7.33. The van der Waals surface area contributed by atoms with Gasteiger partial charge in [0.2, 0.25) is 0 Å². The number of nitrogens with two attached hydrogens (primary N) is 1. The van der Waals surface area contributed by atoms with Gasteiger partial charge in [0, 0.05) is 17.2 Å². The number of para-hydroxylation sites is 1. The molecule has 0 saturated heterocycles. The number of anilines is 1. The van der Waals surface area contributed by atoms with Gasteiger partial charge in [0.1, 0.15) is 29.2 Å². The van der Waals surface area contributed by atoms with Gasteiger partial charge in [-0.25, -0.2) is 0 Å². The molecule has 4 nitrogen and oxygen atoms in total. The minimum atomic E-state index is -0.190. The Hall–Kier alpha value is -3.76. The quantitative estimate of drug-likeness (QED) is 0.673. The van der Waals surface area contributed by atoms with E-state index in [1.165, 1.54) is 0 Å². The van der Waals surface area contributed by atoms with Crippen LogP contribution in [0.5, 0.6) is 5.75 Å². The molecular formula is C21H15N3O. The third-order valence-corrected chi connectivity index (χ3v) is 3.81. The first kappa shape index (κ1) is 16.1. The minimum Gasteiger partial charge on any atom is -0.457 e. The lowest BCUT2D eigenvalue weighted by molar-refractivity contribution is 0.424. The van der Waals surface area contributed by atoms with E-state index in [-0.39, 0.29) is 11.5 Å². The van der Waals surface area contributed by atoms with Crippen LogP contribution >= 0.6 is 0 Å². The molecule has 0 saturated carbocycles. The highest BCUT2D eigenvalue weighted by Gasteiger charge is 2.19. The molecule has 120 valence electrons. The number of ether oxygens (including phenoxy) is 1. The van der Waals surface area contributed by atoms with Crippen molar-refractivity contribution in [3.63, 3.8) is 0 Å². The zero-order chi connectivity index (χ0) is 17.6. The smallest absolute Gasteiger partial charge is 0.131 e. The van der Waals surface area contributed by atoms with E-state index < -0.39 is 0 Å². The molecule has 0 aliphatic carbocycles. The Kier molecular flexibility index (Phi) is 4.65. The number of nitrogen functional groups attached to an aromatic ring is 1. The van der Waals surface area contributed by atoms with Gasteiger partial charge < -0.3 is 10.5 Å². The fraction of sp³-hybridized carbons (Fsp3) is 0.0476. The Morgan fingerprint density at radius 2 is 1.72 bits per heavy atom. The van der Waals surface area contributed by atoms with Crippen molar-refractivity contribution >= 4 is 11.8 Å². The van der Waals surface area contributed by atoms with Crippen molar-refractivity contribution in [3.05, 3.63) is 89.2 Å². The Balaban J connectivity index is 1.94. The van der Waals surface area contributed by atoms with Crippen molar-refractivity contribution in [1.29, 1.82) is 10.5 Å². The molecule has 0 spiro atoms. The van der Waals surface area contributed by atoms with Crippen molar-refractivity contribution in [2.75, 3.05) is 5.73 Å². The average Bonchev–Trinajstić information content (AvgIpc) is 2.65. The topological polar surface area (TPSA) is 82.8 Å². The van der Waals surface area contributed by atoms with Crippen molar-refractivity contribution < 1.29 is 4.74 Å². The maximum atomic E-state index is 9.03. The predicted molar refractivity (Wildman–Crippen MR) is 97.1 cm³/mol. The molecule has 3 rings (SSSR count). The van der Waals surface area contributed by atoms with Gasteiger partial charge in [-0.2, -0.15) is 10.5 Å². The summed E-state index contributed by atoms with van der Waals surface area (Å²) in [6.45, 7) is 0. The Labute approximate surface area is 146 Å². The van der Waals surface area contributed by atoms with E-state index >= 15 is 0 Å². The number of rotatable bonds is 3. The highest BCUT2D eigenvalue weighted by molar-refractivity contribution is 5.57. The summed E-state index contributed by atoms with van der Waals surface area (Å²) in [7, 11) is 0. The van der Waals surface area contributed by atoms with Crippen LogP contribution in [0.2, 0.25) is 0 Å². The van der Waals surface area contributed by atoms with Gasteiger partial charge in [-0.05, 0) is 42.0 Å². The molecule has 0 fully saturated rings. The van der Waals surface area contributed by atoms with Crippen LogP contribution in [0.25, 0.3) is 6.08 Å². The lowest BCUT2D eigenvalue weighted by atomic mass is 9.93. The number of fused-ring (bicyclic) bond motifs is 1. The highest BCUT2D eigenvalue weighted by atomic mass is 16.5. The highest BCUT2D eigenvalue weighted by Crippen LogP contribution is 2.36. The third kappa shape index (κ3) is 3.77. The molecule has 1 aliphatic rings. The molecule has 0 aromatic heterocycles. The molecule has 0 bridgehead atoms. The Morgan fingerprint density at radius 3 is 2.44 bits per heavy atom. The number of hydrogen-bond acceptors (Lipinski definition) is 4. The van der Waals surface area contributed by atoms with Gasteiger partial charge in [-0.1, -0.05) is 36.4 Å². The second-order valence-electron chi connectivity index (χ2n) is 5.54. The van der Waals surface area contributed by atoms with E-state index in [4.69, 9.17) is 21.0 Å². The van der Waals surface area contributed by atoms with Crippen LogP contribution in [0.15, 0.2) is 78.1 Å². The first-order valence-corrected chi connectivity index (χ1v) is 7.74. The predicted octanol–water partition coefficient (Wildman–Crippen LogP) is 4.32. The number of allylic oxidation sites excluding steroid dienone is 4. The van der Waals surface area contributed by atoms with Gasteiger partial charge in [-0.15, -0.1) is 0 Å². The summed E-state index contributed by atoms with van der Waals surface area (Å²) in [5.74, 6) is 1.19. The van der Waals surface area contributed by atoms with E-state index in [0.29, 0.717) is 11.4 Å². The van der Waals surface area contributed by atoms with E-state index in [1.54, 1.807) is 6.08 Å².